The van der Waals surface area contributed by atoms with Crippen LogP contribution in [0.5, 0.6) is 0 Å². The summed E-state index contributed by atoms with van der Waals surface area (Å²) in [5.74, 6) is 0.375. The molecule has 1 aromatic carbocycles. The van der Waals surface area contributed by atoms with Crippen molar-refractivity contribution in [2.75, 3.05) is 6.54 Å². The number of carbonyl (C=O) groups excluding carboxylic acids is 1. The van der Waals surface area contributed by atoms with Crippen LogP contribution in [0.25, 0.3) is 0 Å². The Morgan fingerprint density at radius 2 is 2.00 bits per heavy atom. The number of piperidine rings is 1. The van der Waals surface area contributed by atoms with E-state index in [0.717, 1.165) is 12.8 Å². The van der Waals surface area contributed by atoms with Gasteiger partial charge in [0.2, 0.25) is 0 Å². The van der Waals surface area contributed by atoms with Crippen LogP contribution < -0.4 is 0 Å². The molecule has 0 aromatic heterocycles. The predicted octanol–water partition coefficient (Wildman–Crippen LogP) is 3.77. The summed E-state index contributed by atoms with van der Waals surface area (Å²) in [6.45, 7) is 6.12. The molecule has 0 unspecified atom stereocenters. The maximum absolute atomic E-state index is 12.3. The van der Waals surface area contributed by atoms with E-state index in [0.29, 0.717) is 18.9 Å². The van der Waals surface area contributed by atoms with Crippen LogP contribution in [0.2, 0.25) is 0 Å². The highest BCUT2D eigenvalue weighted by atomic mass is 16.6. The molecular formula is C18H24N2O2. The van der Waals surface area contributed by atoms with E-state index in [1.807, 2.05) is 39.0 Å². The van der Waals surface area contributed by atoms with Gasteiger partial charge in [0.25, 0.3) is 0 Å². The Labute approximate surface area is 132 Å². The number of ether oxygens (including phenoxy) is 1. The predicted molar refractivity (Wildman–Crippen MR) is 85.2 cm³/mol. The van der Waals surface area contributed by atoms with Gasteiger partial charge < -0.3 is 4.74 Å². The molecule has 118 valence electrons. The molecular weight excluding hydrogens is 276 g/mol. The fourth-order valence-electron chi connectivity index (χ4n) is 2.82. The van der Waals surface area contributed by atoms with Gasteiger partial charge in [-0.3, -0.25) is 4.90 Å². The second-order valence-corrected chi connectivity index (χ2v) is 6.91. The Kier molecular flexibility index (Phi) is 5.07. The van der Waals surface area contributed by atoms with Crippen LogP contribution in [0.4, 0.5) is 4.79 Å². The van der Waals surface area contributed by atoms with Crippen LogP contribution in [0.1, 0.15) is 39.2 Å². The largest absolute Gasteiger partial charge is 0.444 e. The molecule has 1 aliphatic heterocycles. The number of nitrogens with zero attached hydrogens (tertiary/aromatic N) is 2. The third-order valence-corrected chi connectivity index (χ3v) is 3.82. The number of rotatable bonds is 2. The molecule has 4 heteroatoms. The number of likely N-dealkylation sites (tertiary alicyclic amines) is 1. The van der Waals surface area contributed by atoms with Crippen molar-refractivity contribution < 1.29 is 9.53 Å². The first-order valence-electron chi connectivity index (χ1n) is 7.82. The maximum Gasteiger partial charge on any atom is 0.411 e. The van der Waals surface area contributed by atoms with Crippen molar-refractivity contribution >= 4 is 6.09 Å². The van der Waals surface area contributed by atoms with E-state index in [4.69, 9.17) is 4.74 Å². The Bertz CT molecular complexity index is 542. The summed E-state index contributed by atoms with van der Waals surface area (Å²) < 4.78 is 5.44. The lowest BCUT2D eigenvalue weighted by Gasteiger charge is -2.37. The number of hydrogen-bond acceptors (Lipinski definition) is 3. The molecule has 1 aromatic rings. The van der Waals surface area contributed by atoms with E-state index in [1.165, 1.54) is 5.56 Å². The molecule has 0 aliphatic carbocycles. The van der Waals surface area contributed by atoms with Crippen molar-refractivity contribution in [3.63, 3.8) is 0 Å². The number of nitriles is 1. The first-order valence-corrected chi connectivity index (χ1v) is 7.82. The summed E-state index contributed by atoms with van der Waals surface area (Å²) in [7, 11) is 0. The minimum Gasteiger partial charge on any atom is -0.444 e. The molecule has 1 fully saturated rings. The monoisotopic (exact) mass is 300 g/mol. The van der Waals surface area contributed by atoms with Gasteiger partial charge in [-0.15, -0.1) is 0 Å². The molecule has 1 amide bonds. The van der Waals surface area contributed by atoms with Crippen molar-refractivity contribution in [2.45, 2.75) is 51.7 Å². The van der Waals surface area contributed by atoms with E-state index in [-0.39, 0.29) is 12.1 Å². The summed E-state index contributed by atoms with van der Waals surface area (Å²) in [6, 6.07) is 12.1. The first kappa shape index (κ1) is 16.4. The summed E-state index contributed by atoms with van der Waals surface area (Å²) in [6.07, 6.45) is 2.23. The molecule has 1 heterocycles. The van der Waals surface area contributed by atoms with Crippen LogP contribution in [-0.4, -0.2) is 29.2 Å². The molecule has 1 saturated heterocycles. The van der Waals surface area contributed by atoms with Crippen molar-refractivity contribution in [1.29, 1.82) is 5.26 Å². The highest BCUT2D eigenvalue weighted by Crippen LogP contribution is 2.26. The fourth-order valence-corrected chi connectivity index (χ4v) is 2.82. The Morgan fingerprint density at radius 3 is 2.59 bits per heavy atom. The molecule has 1 aliphatic rings. The second-order valence-electron chi connectivity index (χ2n) is 6.91. The first-order chi connectivity index (χ1) is 10.4. The molecule has 0 bridgehead atoms. The smallest absolute Gasteiger partial charge is 0.411 e. The van der Waals surface area contributed by atoms with Gasteiger partial charge in [-0.25, -0.2) is 4.79 Å². The van der Waals surface area contributed by atoms with Gasteiger partial charge in [0.15, 0.2) is 0 Å². The Hall–Kier alpha value is -2.02. The van der Waals surface area contributed by atoms with Gasteiger partial charge in [0.05, 0.1) is 6.07 Å². The Balaban J connectivity index is 2.03. The van der Waals surface area contributed by atoms with Crippen molar-refractivity contribution in [2.24, 2.45) is 5.92 Å². The number of carbonyl (C=O) groups is 1. The van der Waals surface area contributed by atoms with Gasteiger partial charge in [0, 0.05) is 6.54 Å². The third-order valence-electron chi connectivity index (χ3n) is 3.82. The van der Waals surface area contributed by atoms with Crippen molar-refractivity contribution in [3.05, 3.63) is 35.9 Å². The minimum absolute atomic E-state index is 0.373. The zero-order valence-corrected chi connectivity index (χ0v) is 13.6. The average Bonchev–Trinajstić information content (AvgIpc) is 2.46. The lowest BCUT2D eigenvalue weighted by atomic mass is 9.88. The molecule has 0 saturated carbocycles. The van der Waals surface area contributed by atoms with Gasteiger partial charge in [0.1, 0.15) is 11.6 Å². The third kappa shape index (κ3) is 4.49. The topological polar surface area (TPSA) is 53.3 Å². The zero-order chi connectivity index (χ0) is 16.2. The van der Waals surface area contributed by atoms with Crippen LogP contribution in [-0.2, 0) is 11.2 Å². The molecule has 22 heavy (non-hydrogen) atoms. The second kappa shape index (κ2) is 6.83. The highest BCUT2D eigenvalue weighted by molar-refractivity contribution is 5.69. The molecule has 0 spiro atoms. The van der Waals surface area contributed by atoms with E-state index in [9.17, 15) is 10.1 Å². The molecule has 2 atom stereocenters. The van der Waals surface area contributed by atoms with Gasteiger partial charge in [-0.2, -0.15) is 5.26 Å². The van der Waals surface area contributed by atoms with E-state index < -0.39 is 5.60 Å². The normalized spacial score (nSPS) is 22.0. The summed E-state index contributed by atoms with van der Waals surface area (Å²) >= 11 is 0. The molecule has 0 radical (unpaired) electrons. The van der Waals surface area contributed by atoms with E-state index in [1.54, 1.807) is 4.90 Å². The molecule has 2 rings (SSSR count). The molecule has 0 N–H and O–H groups in total. The summed E-state index contributed by atoms with van der Waals surface area (Å²) in [4.78, 5) is 13.9. The van der Waals surface area contributed by atoms with E-state index >= 15 is 0 Å². The number of hydrogen-bond donors (Lipinski definition) is 0. The molecule has 4 nitrogen and oxygen atoms in total. The zero-order valence-electron chi connectivity index (χ0n) is 13.6. The number of amides is 1. The van der Waals surface area contributed by atoms with Crippen molar-refractivity contribution in [1.82, 2.24) is 4.90 Å². The lowest BCUT2D eigenvalue weighted by molar-refractivity contribution is 0.00960. The van der Waals surface area contributed by atoms with Crippen LogP contribution in [0.15, 0.2) is 30.3 Å². The summed E-state index contributed by atoms with van der Waals surface area (Å²) in [5, 5.41) is 9.29. The van der Waals surface area contributed by atoms with Crippen molar-refractivity contribution in [3.8, 4) is 6.07 Å². The van der Waals surface area contributed by atoms with E-state index in [2.05, 4.69) is 18.2 Å². The SMILES string of the molecule is CC(C)(C)OC(=O)N1C[C@H](Cc2ccccc2)CC[C@H]1C#N. The fraction of sp³-hybridized carbons (Fsp3) is 0.556. The van der Waals surface area contributed by atoms with Crippen LogP contribution in [0.3, 0.4) is 0 Å². The standard InChI is InChI=1S/C18H24N2O2/c1-18(2,3)22-17(21)20-13-15(9-10-16(20)12-19)11-14-7-5-4-6-8-14/h4-8,15-16H,9-11,13H2,1-3H3/t15-,16-/m0/s1. The van der Waals surface area contributed by atoms with Gasteiger partial charge in [-0.05, 0) is 51.5 Å². The van der Waals surface area contributed by atoms with Gasteiger partial charge in [-0.1, -0.05) is 30.3 Å². The van der Waals surface area contributed by atoms with Crippen LogP contribution in [0, 0.1) is 17.2 Å². The average molecular weight is 300 g/mol. The maximum atomic E-state index is 12.3. The van der Waals surface area contributed by atoms with Gasteiger partial charge >= 0.3 is 6.09 Å². The summed E-state index contributed by atoms with van der Waals surface area (Å²) in [5.41, 5.74) is 0.732. The van der Waals surface area contributed by atoms with Crippen LogP contribution >= 0.6 is 0 Å². The minimum atomic E-state index is -0.538. The Morgan fingerprint density at radius 1 is 1.32 bits per heavy atom. The quantitative estimate of drug-likeness (QED) is 0.835. The highest BCUT2D eigenvalue weighted by Gasteiger charge is 2.34. The number of benzene rings is 1. The lowest BCUT2D eigenvalue weighted by Crippen LogP contribution is -2.48.